The van der Waals surface area contributed by atoms with Crippen LogP contribution in [0.15, 0.2) is 0 Å². The minimum absolute atomic E-state index is 0.722. The molecule has 0 bridgehead atoms. The van der Waals surface area contributed by atoms with Crippen LogP contribution in [0.1, 0.15) is 1.37 Å². The maximum Gasteiger partial charge on any atom is 0.242 e. The molecule has 7 nitrogen and oxygen atoms in total. The normalized spacial score (nSPS) is 49.9. The van der Waals surface area contributed by atoms with Gasteiger partial charge < -0.3 is 30.9 Å². The summed E-state index contributed by atoms with van der Waals surface area (Å²) in [6.45, 7) is -0.722. The fourth-order valence-electron chi connectivity index (χ4n) is 1.28. The van der Waals surface area contributed by atoms with E-state index in [9.17, 15) is 20.1 Å². The summed E-state index contributed by atoms with van der Waals surface area (Å²) in [5, 5.41) is 37.0. The first-order valence-corrected chi connectivity index (χ1v) is 3.98. The smallest absolute Gasteiger partial charge is 0.242 e. The van der Waals surface area contributed by atoms with Gasteiger partial charge in [-0.3, -0.25) is 4.79 Å². The van der Waals surface area contributed by atoms with Gasteiger partial charge in [-0.25, -0.2) is 0 Å². The molecule has 0 aromatic carbocycles. The van der Waals surface area contributed by atoms with E-state index in [1.165, 1.54) is 0 Å². The van der Waals surface area contributed by atoms with Crippen LogP contribution in [0.3, 0.4) is 0 Å². The molecule has 1 aliphatic heterocycles. The molecule has 82 valence electrons. The van der Waals surface area contributed by atoms with Crippen LogP contribution in [0.25, 0.3) is 0 Å². The predicted molar refractivity (Wildman–Crippen MR) is 43.0 cm³/mol. The van der Waals surface area contributed by atoms with E-state index in [0.717, 1.165) is 0 Å². The van der Waals surface area contributed by atoms with Gasteiger partial charge in [-0.1, -0.05) is 0 Å². The molecular formula is C7H13NO6. The molecule has 0 aromatic heterocycles. The largest absolute Gasteiger partial charge is 0.394 e. The fourth-order valence-corrected chi connectivity index (χ4v) is 1.28. The lowest BCUT2D eigenvalue weighted by Gasteiger charge is -2.43. The zero-order valence-corrected chi connectivity index (χ0v) is 7.20. The van der Waals surface area contributed by atoms with Crippen LogP contribution >= 0.6 is 0 Å². The van der Waals surface area contributed by atoms with Gasteiger partial charge in [0.15, 0.2) is 6.26 Å². The van der Waals surface area contributed by atoms with E-state index in [-0.39, 0.29) is 0 Å². The molecule has 6 N–H and O–H groups in total. The molecule has 1 unspecified atom stereocenters. The Hall–Kier alpha value is -0.570. The molecule has 1 heterocycles. The van der Waals surface area contributed by atoms with Crippen LogP contribution in [-0.4, -0.2) is 63.4 Å². The molecule has 1 aliphatic rings. The average molecular weight is 208 g/mol. The molecule has 0 spiro atoms. The summed E-state index contributed by atoms with van der Waals surface area (Å²) in [5.74, 6) is -2.70. The van der Waals surface area contributed by atoms with Gasteiger partial charge in [0.2, 0.25) is 5.79 Å². The number of aldehydes is 1. The fraction of sp³-hybridized carbons (Fsp3) is 0.857. The van der Waals surface area contributed by atoms with E-state index < -0.39 is 43.0 Å². The number of aliphatic hydroxyl groups excluding tert-OH is 3. The van der Waals surface area contributed by atoms with Crippen molar-refractivity contribution in [3.05, 3.63) is 0 Å². The van der Waals surface area contributed by atoms with E-state index in [2.05, 4.69) is 4.74 Å². The summed E-state index contributed by atoms with van der Waals surface area (Å²) < 4.78 is 11.4. The summed E-state index contributed by atoms with van der Waals surface area (Å²) in [4.78, 5) is 10.8. The van der Waals surface area contributed by atoms with Crippen LogP contribution in [0.5, 0.6) is 0 Å². The van der Waals surface area contributed by atoms with Gasteiger partial charge >= 0.3 is 0 Å². The third kappa shape index (κ3) is 1.65. The van der Waals surface area contributed by atoms with Crippen molar-refractivity contribution in [2.75, 3.05) is 6.61 Å². The Morgan fingerprint density at radius 3 is 2.57 bits per heavy atom. The lowest BCUT2D eigenvalue weighted by atomic mass is 9.92. The quantitative estimate of drug-likeness (QED) is 0.295. The lowest BCUT2D eigenvalue weighted by Crippen LogP contribution is -2.69. The van der Waals surface area contributed by atoms with Gasteiger partial charge in [0.1, 0.15) is 19.7 Å². The molecule has 1 saturated heterocycles. The van der Waals surface area contributed by atoms with Gasteiger partial charge in [0.25, 0.3) is 0 Å². The molecule has 0 amide bonds. The zero-order valence-electron chi connectivity index (χ0n) is 8.20. The molecule has 1 rings (SSSR count). The summed E-state index contributed by atoms with van der Waals surface area (Å²) in [7, 11) is 0. The van der Waals surface area contributed by atoms with Gasteiger partial charge in [-0.05, 0) is 0 Å². The van der Waals surface area contributed by atoms with Gasteiger partial charge in [-0.15, -0.1) is 0 Å². The Labute approximate surface area is 81.1 Å². The van der Waals surface area contributed by atoms with Crippen LogP contribution in [-0.2, 0) is 9.53 Å². The molecule has 1 fully saturated rings. The second-order valence-corrected chi connectivity index (χ2v) is 3.14. The topological polar surface area (TPSA) is 133 Å². The first-order valence-electron chi connectivity index (χ1n) is 4.48. The Bertz CT molecular complexity index is 262. The molecular weight excluding hydrogens is 194 g/mol. The van der Waals surface area contributed by atoms with Crippen molar-refractivity contribution in [3.8, 4) is 0 Å². The number of rotatable bonds is 2. The highest BCUT2D eigenvalue weighted by molar-refractivity contribution is 5.61. The van der Waals surface area contributed by atoms with Crippen LogP contribution in [0, 0.1) is 0 Å². The molecule has 0 saturated carbocycles. The Balaban J connectivity index is 2.97. The second-order valence-electron chi connectivity index (χ2n) is 3.14. The van der Waals surface area contributed by atoms with Crippen molar-refractivity contribution in [2.24, 2.45) is 5.73 Å². The standard InChI is InChI=1S/C7H13NO6/c8-6-5(12)4(11)3(1-9)14-7(6,13)2-10/h2-6,9,11-13H,1,8H2/t3-,4-,5+,6-,7?/m1/s1/i2D. The predicted octanol–water partition coefficient (Wildman–Crippen LogP) is -3.69. The highest BCUT2D eigenvalue weighted by Gasteiger charge is 2.51. The van der Waals surface area contributed by atoms with Gasteiger partial charge in [-0.2, -0.15) is 0 Å². The minimum atomic E-state index is -2.70. The summed E-state index contributed by atoms with van der Waals surface area (Å²) >= 11 is 0. The highest BCUT2D eigenvalue weighted by Crippen LogP contribution is 2.24. The Morgan fingerprint density at radius 1 is 1.57 bits per heavy atom. The highest BCUT2D eigenvalue weighted by atomic mass is 16.7. The SMILES string of the molecule is [2H]C(=O)C1(O)O[C@H](CO)[C@@H](O)[C@H](O)[C@H]1N. The number of nitrogens with two attached hydrogens (primary N) is 1. The van der Waals surface area contributed by atoms with Crippen LogP contribution < -0.4 is 5.73 Å². The molecule has 0 radical (unpaired) electrons. The number of ether oxygens (including phenoxy) is 1. The molecule has 14 heavy (non-hydrogen) atoms. The number of hydrogen-bond acceptors (Lipinski definition) is 7. The van der Waals surface area contributed by atoms with Gasteiger partial charge in [0.05, 0.1) is 12.6 Å². The van der Waals surface area contributed by atoms with E-state index in [0.29, 0.717) is 0 Å². The van der Waals surface area contributed by atoms with Gasteiger partial charge in [0, 0.05) is 0 Å². The van der Waals surface area contributed by atoms with Crippen molar-refractivity contribution in [3.63, 3.8) is 0 Å². The monoisotopic (exact) mass is 208 g/mol. The molecule has 5 atom stereocenters. The number of aliphatic hydroxyl groups is 4. The van der Waals surface area contributed by atoms with Crippen molar-refractivity contribution >= 4 is 6.26 Å². The summed E-state index contributed by atoms with van der Waals surface area (Å²) in [5.41, 5.74) is 5.26. The third-order valence-electron chi connectivity index (χ3n) is 2.21. The first-order chi connectivity index (χ1) is 6.84. The van der Waals surface area contributed by atoms with E-state index in [1.54, 1.807) is 0 Å². The molecule has 7 heteroatoms. The van der Waals surface area contributed by atoms with E-state index in [4.69, 9.17) is 12.2 Å². The maximum atomic E-state index is 10.8. The van der Waals surface area contributed by atoms with Crippen molar-refractivity contribution in [2.45, 2.75) is 30.1 Å². The van der Waals surface area contributed by atoms with Crippen molar-refractivity contribution in [1.82, 2.24) is 0 Å². The van der Waals surface area contributed by atoms with Crippen molar-refractivity contribution < 1.29 is 31.3 Å². The van der Waals surface area contributed by atoms with E-state index >= 15 is 0 Å². The van der Waals surface area contributed by atoms with Crippen molar-refractivity contribution in [1.29, 1.82) is 0 Å². The Morgan fingerprint density at radius 2 is 2.14 bits per heavy atom. The van der Waals surface area contributed by atoms with Crippen LogP contribution in [0.4, 0.5) is 0 Å². The molecule has 0 aromatic rings. The number of hydrogen-bond donors (Lipinski definition) is 5. The molecule has 0 aliphatic carbocycles. The lowest BCUT2D eigenvalue weighted by molar-refractivity contribution is -0.291. The summed E-state index contributed by atoms with van der Waals surface area (Å²) in [6.07, 6.45) is -6.08. The van der Waals surface area contributed by atoms with Crippen LogP contribution in [0.2, 0.25) is 0 Å². The summed E-state index contributed by atoms with van der Waals surface area (Å²) in [6, 6.07) is -1.64. The minimum Gasteiger partial charge on any atom is -0.394 e. The Kier molecular flexibility index (Phi) is 2.77. The zero-order chi connectivity index (χ0) is 11.8. The van der Waals surface area contributed by atoms with E-state index in [1.807, 2.05) is 0 Å². The number of carbonyl (C=O) groups excluding carboxylic acids is 1. The number of carbonyl (C=O) groups is 1. The average Bonchev–Trinajstić information content (AvgIpc) is 2.20. The maximum absolute atomic E-state index is 10.8. The second kappa shape index (κ2) is 3.89. The first kappa shape index (κ1) is 9.97. The third-order valence-corrected chi connectivity index (χ3v) is 2.21.